The van der Waals surface area contributed by atoms with Gasteiger partial charge in [-0.1, -0.05) is 17.7 Å². The minimum absolute atomic E-state index is 0.245. The Balaban J connectivity index is 1.83. The molecule has 9 nitrogen and oxygen atoms in total. The van der Waals surface area contributed by atoms with Crippen molar-refractivity contribution in [2.75, 3.05) is 0 Å². The van der Waals surface area contributed by atoms with Crippen LogP contribution in [0.4, 0.5) is 4.79 Å². The molecule has 0 fully saturated rings. The molecular weight excluding hydrogens is 384 g/mol. The Labute approximate surface area is 165 Å². The van der Waals surface area contributed by atoms with Crippen LogP contribution in [0.25, 0.3) is 16.7 Å². The summed E-state index contributed by atoms with van der Waals surface area (Å²) in [4.78, 5) is 40.7. The van der Waals surface area contributed by atoms with Gasteiger partial charge in [-0.3, -0.25) is 19.5 Å². The van der Waals surface area contributed by atoms with Crippen molar-refractivity contribution in [2.24, 2.45) is 0 Å². The fraction of sp³-hybridized carbons (Fsp3) is 0.278. The fourth-order valence-corrected chi connectivity index (χ4v) is 2.74. The summed E-state index contributed by atoms with van der Waals surface area (Å²) in [5, 5.41) is 9.76. The Morgan fingerprint density at radius 1 is 1.25 bits per heavy atom. The topological polar surface area (TPSA) is 111 Å². The van der Waals surface area contributed by atoms with Crippen LogP contribution in [0.1, 0.15) is 20.8 Å². The molecule has 146 valence electrons. The molecule has 0 atom stereocenters. The van der Waals surface area contributed by atoms with Gasteiger partial charge in [-0.05, 0) is 39.0 Å². The van der Waals surface area contributed by atoms with E-state index in [-0.39, 0.29) is 11.9 Å². The molecule has 0 saturated carbocycles. The van der Waals surface area contributed by atoms with E-state index in [1.807, 2.05) is 0 Å². The van der Waals surface area contributed by atoms with Gasteiger partial charge in [0.25, 0.3) is 5.56 Å². The second-order valence-electron chi connectivity index (χ2n) is 7.20. The van der Waals surface area contributed by atoms with Crippen molar-refractivity contribution in [3.63, 3.8) is 0 Å². The highest BCUT2D eigenvalue weighted by Crippen LogP contribution is 2.17. The molecule has 0 unspecified atom stereocenters. The zero-order valence-corrected chi connectivity index (χ0v) is 16.3. The average Bonchev–Trinajstić information content (AvgIpc) is 3.00. The maximum atomic E-state index is 12.7. The third kappa shape index (κ3) is 4.37. The highest BCUT2D eigenvalue weighted by Gasteiger charge is 2.17. The molecule has 2 heterocycles. The molecule has 2 aromatic heterocycles. The van der Waals surface area contributed by atoms with Gasteiger partial charge in [0.15, 0.2) is 5.65 Å². The van der Waals surface area contributed by atoms with Crippen LogP contribution in [-0.2, 0) is 11.3 Å². The van der Waals surface area contributed by atoms with E-state index in [4.69, 9.17) is 11.6 Å². The smallest absolute Gasteiger partial charge is 0.321 e. The molecule has 0 saturated heterocycles. The SMILES string of the molecule is CC(C)(C)NC(=O)NC(=O)Cn1cnc2c(cnn2-c2cccc(Cl)c2)c1=O. The predicted molar refractivity (Wildman–Crippen MR) is 105 cm³/mol. The first-order chi connectivity index (χ1) is 13.1. The van der Waals surface area contributed by atoms with Crippen molar-refractivity contribution in [2.45, 2.75) is 32.9 Å². The first kappa shape index (κ1) is 19.6. The summed E-state index contributed by atoms with van der Waals surface area (Å²) in [6.07, 6.45) is 2.63. The predicted octanol–water partition coefficient (Wildman–Crippen LogP) is 1.86. The summed E-state index contributed by atoms with van der Waals surface area (Å²) in [5.74, 6) is -0.632. The number of halogens is 1. The van der Waals surface area contributed by atoms with Gasteiger partial charge >= 0.3 is 6.03 Å². The van der Waals surface area contributed by atoms with E-state index in [1.165, 1.54) is 17.2 Å². The highest BCUT2D eigenvalue weighted by molar-refractivity contribution is 6.30. The van der Waals surface area contributed by atoms with Crippen molar-refractivity contribution in [3.8, 4) is 5.69 Å². The molecule has 0 aliphatic rings. The number of carbonyl (C=O) groups is 2. The molecule has 0 radical (unpaired) electrons. The zero-order chi connectivity index (χ0) is 20.5. The number of rotatable bonds is 3. The molecule has 0 aliphatic carbocycles. The van der Waals surface area contributed by atoms with Gasteiger partial charge in [0.1, 0.15) is 18.3 Å². The Morgan fingerprint density at radius 3 is 2.68 bits per heavy atom. The van der Waals surface area contributed by atoms with Gasteiger partial charge < -0.3 is 5.32 Å². The highest BCUT2D eigenvalue weighted by atomic mass is 35.5. The first-order valence-electron chi connectivity index (χ1n) is 8.45. The van der Waals surface area contributed by atoms with Crippen molar-refractivity contribution in [3.05, 3.63) is 52.2 Å². The number of hydrogen-bond donors (Lipinski definition) is 2. The summed E-state index contributed by atoms with van der Waals surface area (Å²) in [5.41, 5.74) is 0.0687. The lowest BCUT2D eigenvalue weighted by molar-refractivity contribution is -0.120. The van der Waals surface area contributed by atoms with Gasteiger partial charge in [-0.2, -0.15) is 5.10 Å². The Bertz CT molecular complexity index is 1110. The summed E-state index contributed by atoms with van der Waals surface area (Å²) in [6, 6.07) is 6.34. The molecule has 3 aromatic rings. The molecular formula is C18H19ClN6O3. The quantitative estimate of drug-likeness (QED) is 0.694. The van der Waals surface area contributed by atoms with Crippen LogP contribution in [0.2, 0.25) is 5.02 Å². The van der Waals surface area contributed by atoms with E-state index < -0.39 is 23.0 Å². The number of aromatic nitrogens is 4. The number of urea groups is 1. The number of carbonyl (C=O) groups excluding carboxylic acids is 2. The van der Waals surface area contributed by atoms with E-state index in [0.29, 0.717) is 16.4 Å². The number of amides is 3. The van der Waals surface area contributed by atoms with E-state index >= 15 is 0 Å². The third-order valence-electron chi connectivity index (χ3n) is 3.66. The minimum Gasteiger partial charge on any atom is -0.333 e. The van der Waals surface area contributed by atoms with Gasteiger partial charge in [-0.15, -0.1) is 0 Å². The lowest BCUT2D eigenvalue weighted by atomic mass is 10.1. The number of benzene rings is 1. The molecule has 3 amide bonds. The van der Waals surface area contributed by atoms with Gasteiger partial charge in [0.2, 0.25) is 5.91 Å². The van der Waals surface area contributed by atoms with Crippen LogP contribution < -0.4 is 16.2 Å². The molecule has 10 heteroatoms. The van der Waals surface area contributed by atoms with Gasteiger partial charge in [0, 0.05) is 10.6 Å². The Kier molecular flexibility index (Phi) is 5.19. The van der Waals surface area contributed by atoms with E-state index in [2.05, 4.69) is 20.7 Å². The number of hydrogen-bond acceptors (Lipinski definition) is 5. The van der Waals surface area contributed by atoms with E-state index in [1.54, 1.807) is 45.0 Å². The van der Waals surface area contributed by atoms with Gasteiger partial charge in [0.05, 0.1) is 11.9 Å². The molecule has 1 aromatic carbocycles. The molecule has 3 rings (SSSR count). The van der Waals surface area contributed by atoms with Crippen LogP contribution in [0, 0.1) is 0 Å². The van der Waals surface area contributed by atoms with Crippen LogP contribution in [0.15, 0.2) is 41.6 Å². The summed E-state index contributed by atoms with van der Waals surface area (Å²) in [7, 11) is 0. The summed E-state index contributed by atoms with van der Waals surface area (Å²) >= 11 is 6.00. The first-order valence-corrected chi connectivity index (χ1v) is 8.83. The Morgan fingerprint density at radius 2 is 2.00 bits per heavy atom. The van der Waals surface area contributed by atoms with Crippen molar-refractivity contribution >= 4 is 34.6 Å². The number of nitrogens with zero attached hydrogens (tertiary/aromatic N) is 4. The maximum Gasteiger partial charge on any atom is 0.321 e. The van der Waals surface area contributed by atoms with Crippen LogP contribution in [0.3, 0.4) is 0 Å². The average molecular weight is 403 g/mol. The second kappa shape index (κ2) is 7.43. The molecule has 28 heavy (non-hydrogen) atoms. The van der Waals surface area contributed by atoms with Crippen molar-refractivity contribution < 1.29 is 9.59 Å². The lowest BCUT2D eigenvalue weighted by Gasteiger charge is -2.20. The molecule has 0 spiro atoms. The summed E-state index contributed by atoms with van der Waals surface area (Å²) < 4.78 is 2.61. The lowest BCUT2D eigenvalue weighted by Crippen LogP contribution is -2.49. The van der Waals surface area contributed by atoms with Crippen LogP contribution in [-0.4, -0.2) is 36.8 Å². The van der Waals surface area contributed by atoms with E-state index in [9.17, 15) is 14.4 Å². The van der Waals surface area contributed by atoms with Crippen molar-refractivity contribution in [1.29, 1.82) is 0 Å². The third-order valence-corrected chi connectivity index (χ3v) is 3.90. The largest absolute Gasteiger partial charge is 0.333 e. The van der Waals surface area contributed by atoms with Crippen LogP contribution in [0.5, 0.6) is 0 Å². The number of imide groups is 1. The van der Waals surface area contributed by atoms with Crippen molar-refractivity contribution in [1.82, 2.24) is 30.0 Å². The number of fused-ring (bicyclic) bond motifs is 1. The Hall–Kier alpha value is -3.20. The molecule has 2 N–H and O–H groups in total. The molecule has 0 bridgehead atoms. The minimum atomic E-state index is -0.632. The van der Waals surface area contributed by atoms with Crippen LogP contribution >= 0.6 is 11.6 Å². The zero-order valence-electron chi connectivity index (χ0n) is 15.6. The standard InChI is InChI=1S/C18H19ClN6O3/c1-18(2,3)23-17(28)22-14(26)9-24-10-20-15-13(16(24)27)8-21-25(15)12-6-4-5-11(19)7-12/h4-8,10H,9H2,1-3H3,(H2,22,23,26,28). The van der Waals surface area contributed by atoms with E-state index in [0.717, 1.165) is 4.57 Å². The summed E-state index contributed by atoms with van der Waals surface area (Å²) in [6.45, 7) is 5.02. The normalized spacial score (nSPS) is 11.4. The maximum absolute atomic E-state index is 12.7. The fourth-order valence-electron chi connectivity index (χ4n) is 2.55. The monoisotopic (exact) mass is 402 g/mol. The number of nitrogens with one attached hydrogen (secondary N) is 2. The van der Waals surface area contributed by atoms with Gasteiger partial charge in [-0.25, -0.2) is 14.5 Å². The second-order valence-corrected chi connectivity index (χ2v) is 7.64. The molecule has 0 aliphatic heterocycles.